The van der Waals surface area contributed by atoms with Crippen LogP contribution in [0, 0.1) is 5.82 Å². The lowest BCUT2D eigenvalue weighted by molar-refractivity contribution is 0.0270. The van der Waals surface area contributed by atoms with Gasteiger partial charge in [0.25, 0.3) is 0 Å². The number of halogens is 1. The minimum atomic E-state index is -1.23. The van der Waals surface area contributed by atoms with Gasteiger partial charge in [0.05, 0.1) is 11.0 Å². The molecule has 0 atom stereocenters. The van der Waals surface area contributed by atoms with Crippen LogP contribution in [0.25, 0.3) is 16.6 Å². The number of aromatic nitrogens is 2. The summed E-state index contributed by atoms with van der Waals surface area (Å²) in [4.78, 5) is 26.7. The van der Waals surface area contributed by atoms with Crippen LogP contribution in [0.5, 0.6) is 0 Å². The minimum absolute atomic E-state index is 0.104. The third-order valence-corrected chi connectivity index (χ3v) is 7.36. The molecule has 0 aliphatic carbocycles. The van der Waals surface area contributed by atoms with Crippen LogP contribution in [-0.4, -0.2) is 53.5 Å². The number of carbonyl (C=O) groups is 1. The summed E-state index contributed by atoms with van der Waals surface area (Å²) in [6.45, 7) is 13.8. The van der Waals surface area contributed by atoms with Gasteiger partial charge in [0.15, 0.2) is 0 Å². The van der Waals surface area contributed by atoms with Crippen molar-refractivity contribution in [3.63, 3.8) is 0 Å². The predicted octanol–water partition coefficient (Wildman–Crippen LogP) is 4.82. The normalized spacial score (nSPS) is 15.2. The van der Waals surface area contributed by atoms with E-state index in [0.29, 0.717) is 42.7 Å². The van der Waals surface area contributed by atoms with Gasteiger partial charge in [-0.3, -0.25) is 9.13 Å². The molecule has 1 aliphatic heterocycles. The molecule has 0 N–H and O–H groups in total. The zero-order chi connectivity index (χ0) is 24.6. The number of rotatable bonds is 6. The molecule has 3 rings (SSSR count). The van der Waals surface area contributed by atoms with E-state index in [1.165, 1.54) is 15.2 Å². The van der Waals surface area contributed by atoms with Crippen molar-refractivity contribution < 1.29 is 18.7 Å². The van der Waals surface area contributed by atoms with Gasteiger partial charge in [0.1, 0.15) is 18.1 Å². The molecule has 7 nitrogen and oxygen atoms in total. The summed E-state index contributed by atoms with van der Waals surface area (Å²) in [6.07, 6.45) is 1.99. The quantitative estimate of drug-likeness (QED) is 0.442. The molecule has 0 bridgehead atoms. The third kappa shape index (κ3) is 6.14. The van der Waals surface area contributed by atoms with E-state index in [-0.39, 0.29) is 24.3 Å². The zero-order valence-electron chi connectivity index (χ0n) is 20.8. The summed E-state index contributed by atoms with van der Waals surface area (Å²) in [7, 11) is 0.451. The van der Waals surface area contributed by atoms with Gasteiger partial charge in [-0.1, -0.05) is 25.7 Å². The topological polar surface area (TPSA) is 65.7 Å². The molecule has 2 heterocycles. The lowest BCUT2D eigenvalue weighted by Gasteiger charge is -2.29. The second-order valence-electron chi connectivity index (χ2n) is 10.8. The number of ether oxygens (including phenoxy) is 2. The predicted molar refractivity (Wildman–Crippen MR) is 132 cm³/mol. The summed E-state index contributed by atoms with van der Waals surface area (Å²) in [5, 5.41) is 0. The van der Waals surface area contributed by atoms with Crippen LogP contribution in [0.4, 0.5) is 9.18 Å². The van der Waals surface area contributed by atoms with E-state index in [1.54, 1.807) is 18.0 Å². The van der Waals surface area contributed by atoms with Gasteiger partial charge in [-0.25, -0.2) is 14.0 Å². The molecule has 0 fully saturated rings. The van der Waals surface area contributed by atoms with Crippen molar-refractivity contribution in [3.8, 4) is 0 Å². The van der Waals surface area contributed by atoms with Crippen molar-refractivity contribution in [3.05, 3.63) is 40.1 Å². The SMILES string of the molecule is Cn1c(=O)n(COCC[Si](C)(C)C)c2cc(F)c(C3=CCN(C(=O)OC(C)(C)C)CC3)cc21. The molecule has 33 heavy (non-hydrogen) atoms. The van der Waals surface area contributed by atoms with E-state index in [9.17, 15) is 9.59 Å². The van der Waals surface area contributed by atoms with Gasteiger partial charge >= 0.3 is 11.8 Å². The van der Waals surface area contributed by atoms with Crippen LogP contribution in [0.3, 0.4) is 0 Å². The fraction of sp³-hybridized carbons (Fsp3) is 0.583. The van der Waals surface area contributed by atoms with E-state index >= 15 is 4.39 Å². The van der Waals surface area contributed by atoms with Gasteiger partial charge in [0, 0.05) is 46.4 Å². The Labute approximate surface area is 195 Å². The van der Waals surface area contributed by atoms with Gasteiger partial charge in [-0.05, 0) is 44.9 Å². The Morgan fingerprint density at radius 3 is 2.45 bits per heavy atom. The Balaban J connectivity index is 1.81. The average Bonchev–Trinajstić information content (AvgIpc) is 2.92. The fourth-order valence-electron chi connectivity index (χ4n) is 3.73. The highest BCUT2D eigenvalue weighted by Crippen LogP contribution is 2.29. The Morgan fingerprint density at radius 1 is 1.18 bits per heavy atom. The summed E-state index contributed by atoms with van der Waals surface area (Å²) in [6, 6.07) is 4.13. The molecular weight excluding hydrogens is 441 g/mol. The second-order valence-corrected chi connectivity index (χ2v) is 16.5. The number of imidazole rings is 1. The van der Waals surface area contributed by atoms with Gasteiger partial charge in [-0.2, -0.15) is 0 Å². The van der Waals surface area contributed by atoms with Gasteiger partial charge in [-0.15, -0.1) is 0 Å². The molecule has 9 heteroatoms. The number of hydrogen-bond acceptors (Lipinski definition) is 4. The maximum Gasteiger partial charge on any atom is 0.410 e. The molecular formula is C24H36FN3O4Si. The molecule has 0 saturated heterocycles. The maximum absolute atomic E-state index is 15.1. The van der Waals surface area contributed by atoms with Crippen LogP contribution in [0.15, 0.2) is 23.0 Å². The molecule has 1 aromatic heterocycles. The monoisotopic (exact) mass is 477 g/mol. The Kier molecular flexibility index (Phi) is 7.23. The number of nitrogens with zero attached hydrogens (tertiary/aromatic N) is 3. The number of hydrogen-bond donors (Lipinski definition) is 0. The smallest absolute Gasteiger partial charge is 0.410 e. The average molecular weight is 478 g/mol. The minimum Gasteiger partial charge on any atom is -0.444 e. The first-order valence-electron chi connectivity index (χ1n) is 11.4. The Hall–Kier alpha value is -2.39. The van der Waals surface area contributed by atoms with Crippen molar-refractivity contribution in [2.75, 3.05) is 19.7 Å². The second kappa shape index (κ2) is 9.46. The highest BCUT2D eigenvalue weighted by atomic mass is 28.3. The van der Waals surface area contributed by atoms with Crippen molar-refractivity contribution >= 4 is 30.8 Å². The van der Waals surface area contributed by atoms with Crippen LogP contribution in [0.1, 0.15) is 32.8 Å². The molecule has 0 unspecified atom stereocenters. The molecule has 1 amide bonds. The molecule has 0 saturated carbocycles. The Morgan fingerprint density at radius 2 is 1.88 bits per heavy atom. The van der Waals surface area contributed by atoms with E-state index in [1.807, 2.05) is 26.8 Å². The van der Waals surface area contributed by atoms with Crippen LogP contribution in [-0.2, 0) is 23.3 Å². The summed E-state index contributed by atoms with van der Waals surface area (Å²) < 4.78 is 29.3. The lowest BCUT2D eigenvalue weighted by atomic mass is 9.98. The Bertz CT molecular complexity index is 1120. The van der Waals surface area contributed by atoms with Crippen molar-refractivity contribution in [1.82, 2.24) is 14.0 Å². The largest absolute Gasteiger partial charge is 0.444 e. The molecule has 2 aromatic rings. The number of fused-ring (bicyclic) bond motifs is 1. The number of carbonyl (C=O) groups excluding carboxylic acids is 1. The van der Waals surface area contributed by atoms with Crippen LogP contribution in [0.2, 0.25) is 25.7 Å². The van der Waals surface area contributed by atoms with Crippen LogP contribution >= 0.6 is 0 Å². The van der Waals surface area contributed by atoms with E-state index in [2.05, 4.69) is 19.6 Å². The van der Waals surface area contributed by atoms with Gasteiger partial charge in [0.2, 0.25) is 0 Å². The summed E-state index contributed by atoms with van der Waals surface area (Å²) in [5.74, 6) is -0.388. The standard InChI is InChI=1S/C24H36FN3O4Si/c1-24(2,3)32-23(30)27-10-8-17(9-11-27)18-14-20-21(15-19(18)25)28(22(29)26(20)4)16-31-12-13-33(5,6)7/h8,14-15H,9-13,16H2,1-7H3. The highest BCUT2D eigenvalue weighted by molar-refractivity contribution is 6.76. The van der Waals surface area contributed by atoms with Crippen molar-refractivity contribution in [2.24, 2.45) is 7.05 Å². The first-order chi connectivity index (χ1) is 15.3. The molecule has 1 aromatic carbocycles. The van der Waals surface area contributed by atoms with Crippen molar-refractivity contribution in [2.45, 2.75) is 65.2 Å². The maximum atomic E-state index is 15.1. The molecule has 1 aliphatic rings. The lowest BCUT2D eigenvalue weighted by Crippen LogP contribution is -2.39. The third-order valence-electron chi connectivity index (χ3n) is 5.66. The van der Waals surface area contributed by atoms with Crippen molar-refractivity contribution in [1.29, 1.82) is 0 Å². The molecule has 0 spiro atoms. The zero-order valence-corrected chi connectivity index (χ0v) is 21.8. The first kappa shape index (κ1) is 25.2. The van der Waals surface area contributed by atoms with E-state index in [0.717, 1.165) is 11.6 Å². The number of benzene rings is 1. The molecule has 182 valence electrons. The van der Waals surface area contributed by atoms with Gasteiger partial charge < -0.3 is 14.4 Å². The summed E-state index contributed by atoms with van der Waals surface area (Å²) >= 11 is 0. The summed E-state index contributed by atoms with van der Waals surface area (Å²) in [5.41, 5.74) is 1.65. The van der Waals surface area contributed by atoms with Crippen LogP contribution < -0.4 is 5.69 Å². The number of aryl methyl sites for hydroxylation is 1. The number of amides is 1. The first-order valence-corrected chi connectivity index (χ1v) is 15.1. The van der Waals surface area contributed by atoms with E-state index in [4.69, 9.17) is 9.47 Å². The molecule has 0 radical (unpaired) electrons. The van der Waals surface area contributed by atoms with E-state index < -0.39 is 13.7 Å². The highest BCUT2D eigenvalue weighted by Gasteiger charge is 2.25. The fourth-order valence-corrected chi connectivity index (χ4v) is 4.49.